The number of rotatable bonds is 4. The highest BCUT2D eigenvalue weighted by Crippen LogP contribution is 2.20. The van der Waals surface area contributed by atoms with E-state index in [0.29, 0.717) is 6.42 Å². The Morgan fingerprint density at radius 2 is 2.56 bits per heavy atom. The third kappa shape index (κ3) is 2.82. The number of alkyl halides is 1. The average molecular weight is 225 g/mol. The summed E-state index contributed by atoms with van der Waals surface area (Å²) in [6.07, 6.45) is 6.44. The van der Waals surface area contributed by atoms with Crippen molar-refractivity contribution in [1.82, 2.24) is 14.9 Å². The Bertz CT molecular complexity index is 318. The number of aryl methyl sites for hydroxylation is 2. The number of hydrogen-bond donors (Lipinski definition) is 1. The second kappa shape index (κ2) is 5.43. The fraction of sp³-hybridized carbons (Fsp3) is 0.750. The van der Waals surface area contributed by atoms with E-state index in [-0.39, 0.29) is 5.92 Å². The third-order valence-electron chi connectivity index (χ3n) is 3.41. The van der Waals surface area contributed by atoms with Crippen molar-refractivity contribution in [3.63, 3.8) is 0 Å². The zero-order valence-corrected chi connectivity index (χ0v) is 9.82. The minimum Gasteiger partial charge on any atom is -0.338 e. The monoisotopic (exact) mass is 225 g/mol. The molecule has 1 N–H and O–H groups in total. The van der Waals surface area contributed by atoms with Crippen LogP contribution in [0.1, 0.15) is 25.1 Å². The van der Waals surface area contributed by atoms with Crippen molar-refractivity contribution in [2.24, 2.45) is 13.0 Å². The molecule has 0 amide bonds. The normalized spacial score (nSPS) is 23.2. The maximum Gasteiger partial charge on any atom is 0.108 e. The van der Waals surface area contributed by atoms with Crippen molar-refractivity contribution in [1.29, 1.82) is 0 Å². The molecule has 1 aromatic rings. The zero-order chi connectivity index (χ0) is 11.4. The predicted octanol–water partition coefficient (Wildman–Crippen LogP) is 1.69. The van der Waals surface area contributed by atoms with E-state index in [2.05, 4.69) is 10.3 Å². The summed E-state index contributed by atoms with van der Waals surface area (Å²) in [5, 5.41) is 3.26. The molecule has 0 aromatic carbocycles. The summed E-state index contributed by atoms with van der Waals surface area (Å²) in [7, 11) is 1.96. The highest BCUT2D eigenvalue weighted by molar-refractivity contribution is 4.92. The van der Waals surface area contributed by atoms with Gasteiger partial charge in [-0.2, -0.15) is 0 Å². The van der Waals surface area contributed by atoms with Crippen LogP contribution in [0.5, 0.6) is 0 Å². The molecule has 0 aliphatic carbocycles. The molecule has 16 heavy (non-hydrogen) atoms. The van der Waals surface area contributed by atoms with Crippen LogP contribution in [-0.4, -0.2) is 28.8 Å². The van der Waals surface area contributed by atoms with Gasteiger partial charge in [0.15, 0.2) is 0 Å². The van der Waals surface area contributed by atoms with Crippen LogP contribution in [0.3, 0.4) is 0 Å². The smallest absolute Gasteiger partial charge is 0.108 e. The summed E-state index contributed by atoms with van der Waals surface area (Å²) < 4.78 is 15.9. The number of piperidine rings is 1. The van der Waals surface area contributed by atoms with Crippen LogP contribution in [0.25, 0.3) is 0 Å². The Kier molecular flexibility index (Phi) is 3.93. The topological polar surface area (TPSA) is 29.9 Å². The predicted molar refractivity (Wildman–Crippen MR) is 62.0 cm³/mol. The van der Waals surface area contributed by atoms with Crippen LogP contribution in [0.15, 0.2) is 12.4 Å². The SMILES string of the molecule is Cn1ccnc1CCC(F)C1CCCNC1. The quantitative estimate of drug-likeness (QED) is 0.845. The minimum absolute atomic E-state index is 0.203. The lowest BCUT2D eigenvalue weighted by atomic mass is 9.92. The van der Waals surface area contributed by atoms with Gasteiger partial charge >= 0.3 is 0 Å². The van der Waals surface area contributed by atoms with E-state index < -0.39 is 6.17 Å². The summed E-state index contributed by atoms with van der Waals surface area (Å²) in [5.74, 6) is 1.18. The highest BCUT2D eigenvalue weighted by atomic mass is 19.1. The number of nitrogens with zero attached hydrogens (tertiary/aromatic N) is 2. The van der Waals surface area contributed by atoms with E-state index in [0.717, 1.165) is 38.2 Å². The van der Waals surface area contributed by atoms with Crippen molar-refractivity contribution in [2.75, 3.05) is 13.1 Å². The lowest BCUT2D eigenvalue weighted by molar-refractivity contribution is 0.180. The van der Waals surface area contributed by atoms with Crippen molar-refractivity contribution in [3.05, 3.63) is 18.2 Å². The van der Waals surface area contributed by atoms with Gasteiger partial charge in [0.25, 0.3) is 0 Å². The minimum atomic E-state index is -0.690. The second-order valence-electron chi connectivity index (χ2n) is 4.62. The highest BCUT2D eigenvalue weighted by Gasteiger charge is 2.23. The molecular weight excluding hydrogens is 205 g/mol. The number of nitrogens with one attached hydrogen (secondary N) is 1. The summed E-state index contributed by atoms with van der Waals surface area (Å²) in [6, 6.07) is 0. The Labute approximate surface area is 96.1 Å². The van der Waals surface area contributed by atoms with E-state index >= 15 is 0 Å². The van der Waals surface area contributed by atoms with Gasteiger partial charge in [-0.25, -0.2) is 9.37 Å². The number of imidazole rings is 1. The lowest BCUT2D eigenvalue weighted by Gasteiger charge is -2.25. The van der Waals surface area contributed by atoms with E-state index in [9.17, 15) is 4.39 Å². The maximum absolute atomic E-state index is 13.9. The van der Waals surface area contributed by atoms with E-state index in [1.54, 1.807) is 6.20 Å². The van der Waals surface area contributed by atoms with Crippen molar-refractivity contribution < 1.29 is 4.39 Å². The fourth-order valence-electron chi connectivity index (χ4n) is 2.33. The van der Waals surface area contributed by atoms with Gasteiger partial charge in [0.1, 0.15) is 12.0 Å². The van der Waals surface area contributed by atoms with Gasteiger partial charge in [-0.05, 0) is 25.8 Å². The second-order valence-corrected chi connectivity index (χ2v) is 4.62. The van der Waals surface area contributed by atoms with Crippen molar-refractivity contribution in [3.8, 4) is 0 Å². The Hall–Kier alpha value is -0.900. The summed E-state index contributed by atoms with van der Waals surface area (Å²) in [4.78, 5) is 4.21. The summed E-state index contributed by atoms with van der Waals surface area (Å²) in [5.41, 5.74) is 0. The molecule has 0 saturated carbocycles. The van der Waals surface area contributed by atoms with Crippen LogP contribution in [-0.2, 0) is 13.5 Å². The molecule has 2 heterocycles. The largest absolute Gasteiger partial charge is 0.338 e. The first-order valence-corrected chi connectivity index (χ1v) is 6.08. The molecule has 0 bridgehead atoms. The molecule has 1 fully saturated rings. The van der Waals surface area contributed by atoms with Crippen LogP contribution in [0.2, 0.25) is 0 Å². The Morgan fingerprint density at radius 1 is 1.69 bits per heavy atom. The van der Waals surface area contributed by atoms with Crippen LogP contribution >= 0.6 is 0 Å². The molecule has 1 aliphatic rings. The average Bonchev–Trinajstić information content (AvgIpc) is 2.73. The molecule has 1 aliphatic heterocycles. The number of aromatic nitrogens is 2. The molecular formula is C12H20FN3. The molecule has 2 rings (SSSR count). The zero-order valence-electron chi connectivity index (χ0n) is 9.82. The van der Waals surface area contributed by atoms with Gasteiger partial charge in [-0.1, -0.05) is 0 Å². The van der Waals surface area contributed by atoms with E-state index in [4.69, 9.17) is 0 Å². The van der Waals surface area contributed by atoms with Gasteiger partial charge in [0, 0.05) is 38.3 Å². The first-order valence-electron chi connectivity index (χ1n) is 6.08. The molecule has 2 atom stereocenters. The van der Waals surface area contributed by atoms with Gasteiger partial charge in [-0.3, -0.25) is 0 Å². The number of halogens is 1. The molecule has 1 saturated heterocycles. The van der Waals surface area contributed by atoms with Gasteiger partial charge in [0.2, 0.25) is 0 Å². The van der Waals surface area contributed by atoms with E-state index in [1.165, 1.54) is 0 Å². The molecule has 0 radical (unpaired) electrons. The van der Waals surface area contributed by atoms with Crippen LogP contribution in [0.4, 0.5) is 4.39 Å². The Morgan fingerprint density at radius 3 is 3.19 bits per heavy atom. The maximum atomic E-state index is 13.9. The third-order valence-corrected chi connectivity index (χ3v) is 3.41. The molecule has 4 heteroatoms. The molecule has 1 aromatic heterocycles. The standard InChI is InChI=1S/C12H20FN3/c1-16-8-7-15-12(16)5-4-11(13)10-3-2-6-14-9-10/h7-8,10-11,14H,2-6,9H2,1H3. The van der Waals surface area contributed by atoms with Gasteiger partial charge in [0.05, 0.1) is 0 Å². The van der Waals surface area contributed by atoms with Crippen molar-refractivity contribution in [2.45, 2.75) is 31.9 Å². The van der Waals surface area contributed by atoms with Gasteiger partial charge in [-0.15, -0.1) is 0 Å². The van der Waals surface area contributed by atoms with Crippen LogP contribution < -0.4 is 5.32 Å². The molecule has 2 unspecified atom stereocenters. The van der Waals surface area contributed by atoms with Gasteiger partial charge < -0.3 is 9.88 Å². The molecule has 3 nitrogen and oxygen atoms in total. The van der Waals surface area contributed by atoms with Crippen LogP contribution in [0, 0.1) is 5.92 Å². The number of hydrogen-bond acceptors (Lipinski definition) is 2. The first-order chi connectivity index (χ1) is 7.77. The van der Waals surface area contributed by atoms with Crippen molar-refractivity contribution >= 4 is 0 Å². The fourth-order valence-corrected chi connectivity index (χ4v) is 2.33. The molecule has 90 valence electrons. The Balaban J connectivity index is 1.78. The summed E-state index contributed by atoms with van der Waals surface area (Å²) >= 11 is 0. The lowest BCUT2D eigenvalue weighted by Crippen LogP contribution is -2.35. The van der Waals surface area contributed by atoms with E-state index in [1.807, 2.05) is 17.8 Å². The molecule has 0 spiro atoms. The first kappa shape index (κ1) is 11.6. The summed E-state index contributed by atoms with van der Waals surface area (Å²) in [6.45, 7) is 1.88.